The smallest absolute Gasteiger partial charge is 0.262 e. The Morgan fingerprint density at radius 1 is 1.00 bits per heavy atom. The summed E-state index contributed by atoms with van der Waals surface area (Å²) in [5.74, 6) is 1.40. The van der Waals surface area contributed by atoms with Gasteiger partial charge in [-0.05, 0) is 54.4 Å². The summed E-state index contributed by atoms with van der Waals surface area (Å²) in [7, 11) is 5.13. The van der Waals surface area contributed by atoms with Gasteiger partial charge in [-0.1, -0.05) is 35.9 Å². The molecule has 0 spiro atoms. The van der Waals surface area contributed by atoms with Crippen LogP contribution in [0.5, 0.6) is 11.5 Å². The molecule has 0 fully saturated rings. The first kappa shape index (κ1) is 18.8. The molecule has 0 saturated heterocycles. The Morgan fingerprint density at radius 2 is 1.74 bits per heavy atom. The van der Waals surface area contributed by atoms with Crippen molar-refractivity contribution in [1.82, 2.24) is 4.90 Å². The number of nitrogens with zero attached hydrogens (tertiary/aromatic N) is 1. The zero-order chi connectivity index (χ0) is 19.6. The maximum Gasteiger partial charge on any atom is 0.262 e. The molecule has 1 unspecified atom stereocenters. The van der Waals surface area contributed by atoms with Gasteiger partial charge in [-0.15, -0.1) is 0 Å². The van der Waals surface area contributed by atoms with E-state index in [0.29, 0.717) is 5.75 Å². The maximum absolute atomic E-state index is 12.2. The Hall–Kier alpha value is -3.01. The van der Waals surface area contributed by atoms with Gasteiger partial charge in [0.15, 0.2) is 6.10 Å². The summed E-state index contributed by atoms with van der Waals surface area (Å²) in [6.45, 7) is 3.83. The minimum atomic E-state index is -0.562. The number of fused-ring (bicyclic) bond motifs is 1. The van der Waals surface area contributed by atoms with Gasteiger partial charge < -0.3 is 14.4 Å². The maximum atomic E-state index is 12.2. The molecule has 0 aliphatic heterocycles. The fourth-order valence-corrected chi connectivity index (χ4v) is 3.22. The van der Waals surface area contributed by atoms with Crippen LogP contribution in [0.1, 0.15) is 12.5 Å². The topological polar surface area (TPSA) is 38.8 Å². The van der Waals surface area contributed by atoms with E-state index in [2.05, 4.69) is 19.1 Å². The van der Waals surface area contributed by atoms with E-state index in [-0.39, 0.29) is 5.91 Å². The molecule has 3 aromatic carbocycles. The van der Waals surface area contributed by atoms with Crippen molar-refractivity contribution in [1.29, 1.82) is 0 Å². The van der Waals surface area contributed by atoms with Crippen molar-refractivity contribution < 1.29 is 14.3 Å². The number of likely N-dealkylation sites (N-methyl/N-ethyl adjacent to an activating group) is 1. The van der Waals surface area contributed by atoms with Crippen molar-refractivity contribution in [2.75, 3.05) is 21.2 Å². The van der Waals surface area contributed by atoms with Crippen LogP contribution in [0.3, 0.4) is 0 Å². The standard InChI is InChI=1S/C23H25NO3/c1-15-10-11-22(26-5)21(12-15)20-14-18(27-16(2)23(25)24(3)4)13-17-8-6-7-9-19(17)20/h6-14,16H,1-5H3. The fraction of sp³-hybridized carbons (Fsp3) is 0.261. The average molecular weight is 363 g/mol. The third-order valence-electron chi connectivity index (χ3n) is 4.58. The minimum Gasteiger partial charge on any atom is -0.496 e. The predicted octanol–water partition coefficient (Wildman–Crippen LogP) is 4.68. The number of hydrogen-bond acceptors (Lipinski definition) is 3. The second-order valence-electron chi connectivity index (χ2n) is 6.89. The van der Waals surface area contributed by atoms with Crippen molar-refractivity contribution in [2.45, 2.75) is 20.0 Å². The van der Waals surface area contributed by atoms with Crippen molar-refractivity contribution in [2.24, 2.45) is 0 Å². The van der Waals surface area contributed by atoms with Crippen LogP contribution in [0.2, 0.25) is 0 Å². The monoisotopic (exact) mass is 363 g/mol. The van der Waals surface area contributed by atoms with Crippen LogP contribution in [-0.2, 0) is 4.79 Å². The minimum absolute atomic E-state index is 0.0714. The summed E-state index contributed by atoms with van der Waals surface area (Å²) in [6, 6.07) is 18.2. The number of ether oxygens (including phenoxy) is 2. The molecule has 0 aliphatic rings. The van der Waals surface area contributed by atoms with Gasteiger partial charge in [0.1, 0.15) is 11.5 Å². The molecule has 4 heteroatoms. The van der Waals surface area contributed by atoms with E-state index in [0.717, 1.165) is 33.2 Å². The van der Waals surface area contributed by atoms with E-state index in [9.17, 15) is 4.79 Å². The SMILES string of the molecule is COc1ccc(C)cc1-c1cc(OC(C)C(=O)N(C)C)cc2ccccc12. The molecule has 0 radical (unpaired) electrons. The molecule has 0 bridgehead atoms. The van der Waals surface area contributed by atoms with Gasteiger partial charge in [-0.25, -0.2) is 0 Å². The molecule has 27 heavy (non-hydrogen) atoms. The largest absolute Gasteiger partial charge is 0.496 e. The molecule has 4 nitrogen and oxygen atoms in total. The highest BCUT2D eigenvalue weighted by Crippen LogP contribution is 2.38. The molecular formula is C23H25NO3. The van der Waals surface area contributed by atoms with Gasteiger partial charge in [0, 0.05) is 19.7 Å². The number of amides is 1. The molecule has 1 atom stereocenters. The van der Waals surface area contributed by atoms with Gasteiger partial charge in [0.2, 0.25) is 0 Å². The number of methoxy groups -OCH3 is 1. The zero-order valence-corrected chi connectivity index (χ0v) is 16.4. The van der Waals surface area contributed by atoms with Gasteiger partial charge in [0.05, 0.1) is 7.11 Å². The summed E-state index contributed by atoms with van der Waals surface area (Å²) in [5, 5.41) is 2.17. The van der Waals surface area contributed by atoms with Crippen molar-refractivity contribution in [3.05, 3.63) is 60.2 Å². The molecule has 0 heterocycles. The van der Waals surface area contributed by atoms with E-state index in [1.165, 1.54) is 4.90 Å². The van der Waals surface area contributed by atoms with Crippen LogP contribution in [0, 0.1) is 6.92 Å². The third-order valence-corrected chi connectivity index (χ3v) is 4.58. The highest BCUT2D eigenvalue weighted by atomic mass is 16.5. The van der Waals surface area contributed by atoms with Crippen LogP contribution in [0.25, 0.3) is 21.9 Å². The first-order valence-corrected chi connectivity index (χ1v) is 8.96. The Kier molecular flexibility index (Phi) is 5.36. The Balaban J connectivity index is 2.15. The summed E-state index contributed by atoms with van der Waals surface area (Å²) in [6.07, 6.45) is -0.562. The highest BCUT2D eigenvalue weighted by Gasteiger charge is 2.18. The summed E-state index contributed by atoms with van der Waals surface area (Å²) < 4.78 is 11.6. The van der Waals surface area contributed by atoms with E-state index >= 15 is 0 Å². The summed E-state index contributed by atoms with van der Waals surface area (Å²) >= 11 is 0. The van der Waals surface area contributed by atoms with E-state index < -0.39 is 6.10 Å². The van der Waals surface area contributed by atoms with Crippen molar-refractivity contribution >= 4 is 16.7 Å². The Bertz CT molecular complexity index is 979. The first-order valence-electron chi connectivity index (χ1n) is 8.96. The average Bonchev–Trinajstić information content (AvgIpc) is 2.66. The molecule has 0 aromatic heterocycles. The molecule has 1 amide bonds. The van der Waals surface area contributed by atoms with Gasteiger partial charge >= 0.3 is 0 Å². The lowest BCUT2D eigenvalue weighted by molar-refractivity contribution is -0.135. The van der Waals surface area contributed by atoms with Crippen LogP contribution >= 0.6 is 0 Å². The summed E-state index contributed by atoms with van der Waals surface area (Å²) in [4.78, 5) is 13.7. The lowest BCUT2D eigenvalue weighted by atomic mass is 9.96. The number of aryl methyl sites for hydroxylation is 1. The molecule has 0 saturated carbocycles. The van der Waals surface area contributed by atoms with E-state index in [1.54, 1.807) is 28.1 Å². The molecule has 140 valence electrons. The third kappa shape index (κ3) is 3.90. The predicted molar refractivity (Wildman–Crippen MR) is 109 cm³/mol. The van der Waals surface area contributed by atoms with Gasteiger partial charge in [-0.2, -0.15) is 0 Å². The van der Waals surface area contributed by atoms with Crippen molar-refractivity contribution in [3.8, 4) is 22.6 Å². The zero-order valence-electron chi connectivity index (χ0n) is 16.4. The summed E-state index contributed by atoms with van der Waals surface area (Å²) in [5.41, 5.74) is 3.18. The second-order valence-corrected chi connectivity index (χ2v) is 6.89. The molecule has 3 aromatic rings. The van der Waals surface area contributed by atoms with Crippen LogP contribution in [0.15, 0.2) is 54.6 Å². The molecule has 0 aliphatic carbocycles. The Morgan fingerprint density at radius 3 is 2.44 bits per heavy atom. The lowest BCUT2D eigenvalue weighted by Gasteiger charge is -2.20. The van der Waals surface area contributed by atoms with Crippen LogP contribution < -0.4 is 9.47 Å². The van der Waals surface area contributed by atoms with E-state index in [4.69, 9.17) is 9.47 Å². The van der Waals surface area contributed by atoms with Crippen LogP contribution in [0.4, 0.5) is 0 Å². The molecular weight excluding hydrogens is 338 g/mol. The molecule has 0 N–H and O–H groups in total. The van der Waals surface area contributed by atoms with Crippen molar-refractivity contribution in [3.63, 3.8) is 0 Å². The first-order chi connectivity index (χ1) is 12.9. The second kappa shape index (κ2) is 7.70. The van der Waals surface area contributed by atoms with Crippen LogP contribution in [-0.4, -0.2) is 38.1 Å². The number of rotatable bonds is 5. The molecule has 3 rings (SSSR count). The lowest BCUT2D eigenvalue weighted by Crippen LogP contribution is -2.35. The number of carbonyl (C=O) groups is 1. The quantitative estimate of drug-likeness (QED) is 0.661. The number of hydrogen-bond donors (Lipinski definition) is 0. The van der Waals surface area contributed by atoms with E-state index in [1.807, 2.05) is 42.5 Å². The highest BCUT2D eigenvalue weighted by molar-refractivity contribution is 5.99. The van der Waals surface area contributed by atoms with Gasteiger partial charge in [-0.3, -0.25) is 4.79 Å². The Labute approximate surface area is 160 Å². The normalized spacial score (nSPS) is 11.9. The number of benzene rings is 3. The fourth-order valence-electron chi connectivity index (χ4n) is 3.22. The number of carbonyl (C=O) groups excluding carboxylic acids is 1. The van der Waals surface area contributed by atoms with Gasteiger partial charge in [0.25, 0.3) is 5.91 Å².